The van der Waals surface area contributed by atoms with Gasteiger partial charge in [-0.2, -0.15) is 0 Å². The van der Waals surface area contributed by atoms with Crippen molar-refractivity contribution in [3.63, 3.8) is 0 Å². The highest BCUT2D eigenvalue weighted by molar-refractivity contribution is 5.68. The van der Waals surface area contributed by atoms with E-state index in [0.717, 1.165) is 17.5 Å². The largest absolute Gasteiger partial charge is 0.445 e. The van der Waals surface area contributed by atoms with Crippen molar-refractivity contribution in [2.75, 3.05) is 0 Å². The van der Waals surface area contributed by atoms with Gasteiger partial charge in [0.05, 0.1) is 18.8 Å². The summed E-state index contributed by atoms with van der Waals surface area (Å²) in [6.07, 6.45) is 1.79. The average Bonchev–Trinajstić information content (AvgIpc) is 2.67. The highest BCUT2D eigenvalue weighted by atomic mass is 16.5. The molecule has 4 nitrogen and oxygen atoms in total. The number of benzene rings is 2. The smallest absolute Gasteiger partial charge is 0.408 e. The van der Waals surface area contributed by atoms with Gasteiger partial charge in [0, 0.05) is 0 Å². The predicted octanol–water partition coefficient (Wildman–Crippen LogP) is 4.46. The second-order valence-electron chi connectivity index (χ2n) is 5.71. The molecule has 1 N–H and O–H groups in total. The van der Waals surface area contributed by atoms with Crippen LogP contribution in [0.4, 0.5) is 4.79 Å². The first-order valence-corrected chi connectivity index (χ1v) is 8.48. The van der Waals surface area contributed by atoms with Gasteiger partial charge in [0.1, 0.15) is 6.61 Å². The number of rotatable bonds is 9. The van der Waals surface area contributed by atoms with Crippen LogP contribution in [0.5, 0.6) is 0 Å². The first kappa shape index (κ1) is 18.7. The molecule has 0 saturated heterocycles. The molecule has 0 aliphatic carbocycles. The zero-order valence-electron chi connectivity index (χ0n) is 14.6. The second-order valence-corrected chi connectivity index (χ2v) is 5.71. The SMILES string of the molecule is C=C[C@H](NC(=O)OCc1ccccc1)[C@@H](CC)OCc1ccccc1. The van der Waals surface area contributed by atoms with Gasteiger partial charge in [0.25, 0.3) is 0 Å². The molecular weight excluding hydrogens is 314 g/mol. The lowest BCUT2D eigenvalue weighted by Crippen LogP contribution is -2.43. The van der Waals surface area contributed by atoms with Crippen molar-refractivity contribution in [1.29, 1.82) is 0 Å². The van der Waals surface area contributed by atoms with Crippen molar-refractivity contribution < 1.29 is 14.3 Å². The molecule has 2 aromatic rings. The number of nitrogens with one attached hydrogen (secondary N) is 1. The van der Waals surface area contributed by atoms with E-state index in [4.69, 9.17) is 9.47 Å². The van der Waals surface area contributed by atoms with E-state index in [2.05, 4.69) is 11.9 Å². The van der Waals surface area contributed by atoms with Gasteiger partial charge in [-0.25, -0.2) is 4.79 Å². The molecule has 1 amide bonds. The number of carbonyl (C=O) groups excluding carboxylic acids is 1. The zero-order valence-corrected chi connectivity index (χ0v) is 14.6. The summed E-state index contributed by atoms with van der Waals surface area (Å²) in [5, 5.41) is 2.82. The lowest BCUT2D eigenvalue weighted by Gasteiger charge is -2.24. The van der Waals surface area contributed by atoms with Crippen LogP contribution >= 0.6 is 0 Å². The summed E-state index contributed by atoms with van der Waals surface area (Å²) >= 11 is 0. The quantitative estimate of drug-likeness (QED) is 0.686. The van der Waals surface area contributed by atoms with E-state index < -0.39 is 6.09 Å². The Hall–Kier alpha value is -2.59. The van der Waals surface area contributed by atoms with Crippen LogP contribution in [-0.4, -0.2) is 18.2 Å². The minimum atomic E-state index is -0.476. The molecule has 0 fully saturated rings. The standard InChI is InChI=1S/C21H25NO3/c1-3-19(20(4-2)24-15-17-11-7-5-8-12-17)22-21(23)25-16-18-13-9-6-10-14-18/h3,5-14,19-20H,1,4,15-16H2,2H3,(H,22,23)/t19-,20+/m0/s1. The van der Waals surface area contributed by atoms with Crippen LogP contribution in [0, 0.1) is 0 Å². The lowest BCUT2D eigenvalue weighted by atomic mass is 10.1. The van der Waals surface area contributed by atoms with Crippen LogP contribution < -0.4 is 5.32 Å². The fourth-order valence-electron chi connectivity index (χ4n) is 2.46. The number of alkyl carbamates (subject to hydrolysis) is 1. The Labute approximate surface area is 149 Å². The summed E-state index contributed by atoms with van der Waals surface area (Å²) < 4.78 is 11.2. The van der Waals surface area contributed by atoms with E-state index >= 15 is 0 Å². The Morgan fingerprint density at radius 1 is 1.04 bits per heavy atom. The molecule has 2 atom stereocenters. The normalized spacial score (nSPS) is 12.8. The highest BCUT2D eigenvalue weighted by Gasteiger charge is 2.20. The molecule has 4 heteroatoms. The molecule has 0 heterocycles. The summed E-state index contributed by atoms with van der Waals surface area (Å²) in [7, 11) is 0. The second kappa shape index (κ2) is 10.3. The molecule has 2 aromatic carbocycles. The Bertz CT molecular complexity index is 643. The minimum Gasteiger partial charge on any atom is -0.445 e. The molecule has 0 aliphatic rings. The predicted molar refractivity (Wildman–Crippen MR) is 99.1 cm³/mol. The molecule has 2 rings (SSSR count). The minimum absolute atomic E-state index is 0.165. The van der Waals surface area contributed by atoms with Crippen molar-refractivity contribution in [1.82, 2.24) is 5.32 Å². The van der Waals surface area contributed by atoms with E-state index in [1.165, 1.54) is 0 Å². The van der Waals surface area contributed by atoms with Crippen molar-refractivity contribution in [3.05, 3.63) is 84.4 Å². The number of ether oxygens (including phenoxy) is 2. The van der Waals surface area contributed by atoms with Crippen LogP contribution in [0.25, 0.3) is 0 Å². The first-order chi connectivity index (χ1) is 12.2. The maximum Gasteiger partial charge on any atom is 0.408 e. The summed E-state index contributed by atoms with van der Waals surface area (Å²) in [6.45, 7) is 6.55. The van der Waals surface area contributed by atoms with E-state index in [1.807, 2.05) is 67.6 Å². The topological polar surface area (TPSA) is 47.6 Å². The average molecular weight is 339 g/mol. The van der Waals surface area contributed by atoms with Gasteiger partial charge in [0.15, 0.2) is 0 Å². The van der Waals surface area contributed by atoms with Crippen LogP contribution in [0.1, 0.15) is 24.5 Å². The Balaban J connectivity index is 1.83. The summed E-state index contributed by atoms with van der Waals surface area (Å²) in [5.74, 6) is 0. The number of hydrogen-bond acceptors (Lipinski definition) is 3. The third-order valence-electron chi connectivity index (χ3n) is 3.86. The molecule has 0 radical (unpaired) electrons. The number of hydrogen-bond donors (Lipinski definition) is 1. The van der Waals surface area contributed by atoms with E-state index in [0.29, 0.717) is 6.61 Å². The Morgan fingerprint density at radius 3 is 2.12 bits per heavy atom. The maximum absolute atomic E-state index is 12.0. The number of carbonyl (C=O) groups is 1. The Kier molecular flexibility index (Phi) is 7.73. The molecule has 0 aliphatic heterocycles. The van der Waals surface area contributed by atoms with E-state index in [9.17, 15) is 4.79 Å². The highest BCUT2D eigenvalue weighted by Crippen LogP contribution is 2.11. The fraction of sp³-hybridized carbons (Fsp3) is 0.286. The van der Waals surface area contributed by atoms with E-state index in [-0.39, 0.29) is 18.8 Å². The Morgan fingerprint density at radius 2 is 1.60 bits per heavy atom. The molecule has 0 saturated carbocycles. The zero-order chi connectivity index (χ0) is 17.9. The lowest BCUT2D eigenvalue weighted by molar-refractivity contribution is 0.0214. The van der Waals surface area contributed by atoms with Crippen molar-refractivity contribution >= 4 is 6.09 Å². The third-order valence-corrected chi connectivity index (χ3v) is 3.86. The van der Waals surface area contributed by atoms with Gasteiger partial charge >= 0.3 is 6.09 Å². The summed E-state index contributed by atoms with van der Waals surface area (Å²) in [5.41, 5.74) is 2.04. The molecule has 0 aromatic heterocycles. The summed E-state index contributed by atoms with van der Waals surface area (Å²) in [6, 6.07) is 19.2. The van der Waals surface area contributed by atoms with Gasteiger partial charge in [-0.05, 0) is 17.5 Å². The van der Waals surface area contributed by atoms with Crippen LogP contribution in [0.3, 0.4) is 0 Å². The van der Waals surface area contributed by atoms with Gasteiger partial charge in [-0.3, -0.25) is 0 Å². The molecule has 25 heavy (non-hydrogen) atoms. The van der Waals surface area contributed by atoms with Crippen molar-refractivity contribution in [3.8, 4) is 0 Å². The molecular formula is C21H25NO3. The van der Waals surface area contributed by atoms with Crippen molar-refractivity contribution in [2.45, 2.75) is 38.7 Å². The van der Waals surface area contributed by atoms with Gasteiger partial charge in [0.2, 0.25) is 0 Å². The molecule has 132 valence electrons. The van der Waals surface area contributed by atoms with Gasteiger partial charge in [-0.1, -0.05) is 73.7 Å². The van der Waals surface area contributed by atoms with E-state index in [1.54, 1.807) is 6.08 Å². The van der Waals surface area contributed by atoms with Gasteiger partial charge in [-0.15, -0.1) is 6.58 Å². The fourth-order valence-corrected chi connectivity index (χ4v) is 2.46. The monoisotopic (exact) mass is 339 g/mol. The molecule has 0 spiro atoms. The van der Waals surface area contributed by atoms with Crippen LogP contribution in [0.2, 0.25) is 0 Å². The molecule has 0 unspecified atom stereocenters. The van der Waals surface area contributed by atoms with Gasteiger partial charge < -0.3 is 14.8 Å². The third kappa shape index (κ3) is 6.43. The van der Waals surface area contributed by atoms with Crippen molar-refractivity contribution in [2.24, 2.45) is 0 Å². The van der Waals surface area contributed by atoms with Crippen LogP contribution in [-0.2, 0) is 22.7 Å². The molecule has 0 bridgehead atoms. The maximum atomic E-state index is 12.0. The summed E-state index contributed by atoms with van der Waals surface area (Å²) in [4.78, 5) is 12.0. The first-order valence-electron chi connectivity index (χ1n) is 8.48. The van der Waals surface area contributed by atoms with Crippen LogP contribution in [0.15, 0.2) is 73.3 Å². The number of amides is 1.